The number of nitrogens with zero attached hydrogens (tertiary/aromatic N) is 2. The normalized spacial score (nSPS) is 12.6. The third kappa shape index (κ3) is 4.16. The second-order valence-electron chi connectivity index (χ2n) is 6.47. The Balaban J connectivity index is 2.14. The van der Waals surface area contributed by atoms with Crippen molar-refractivity contribution in [3.63, 3.8) is 0 Å². The molecule has 0 radical (unpaired) electrons. The van der Waals surface area contributed by atoms with Gasteiger partial charge in [-0.25, -0.2) is 0 Å². The van der Waals surface area contributed by atoms with Gasteiger partial charge in [0.05, 0.1) is 26.0 Å². The maximum atomic E-state index is 9.14. The maximum absolute atomic E-state index is 9.14. The molecular formula is C19H29N3O2. The minimum absolute atomic E-state index is 0.106. The van der Waals surface area contributed by atoms with Gasteiger partial charge in [0.15, 0.2) is 0 Å². The highest BCUT2D eigenvalue weighted by atomic mass is 16.5. The second-order valence-corrected chi connectivity index (χ2v) is 6.47. The summed E-state index contributed by atoms with van der Waals surface area (Å²) in [4.78, 5) is 0. The van der Waals surface area contributed by atoms with Crippen LogP contribution in [0.1, 0.15) is 42.4 Å². The number of aliphatic hydroxyl groups excluding tert-OH is 1. The molecule has 5 heteroatoms. The van der Waals surface area contributed by atoms with Crippen LogP contribution in [0.25, 0.3) is 0 Å². The van der Waals surface area contributed by atoms with E-state index in [4.69, 9.17) is 9.84 Å². The lowest BCUT2D eigenvalue weighted by atomic mass is 9.95. The summed E-state index contributed by atoms with van der Waals surface area (Å²) in [6.45, 7) is 9.93. The number of ether oxygens (including phenoxy) is 1. The SMILES string of the molecule is COc1ccc(C(NCc2c(C)nn(CCO)c2C)C(C)C)cc1. The van der Waals surface area contributed by atoms with Crippen molar-refractivity contribution in [3.05, 3.63) is 46.8 Å². The first-order chi connectivity index (χ1) is 11.5. The Hall–Kier alpha value is -1.85. The van der Waals surface area contributed by atoms with Gasteiger partial charge in [0, 0.05) is 23.8 Å². The topological polar surface area (TPSA) is 59.3 Å². The van der Waals surface area contributed by atoms with Crippen LogP contribution in [-0.4, -0.2) is 28.6 Å². The zero-order valence-electron chi connectivity index (χ0n) is 15.3. The molecule has 2 rings (SSSR count). The fraction of sp³-hybridized carbons (Fsp3) is 0.526. The van der Waals surface area contributed by atoms with Gasteiger partial charge < -0.3 is 15.2 Å². The lowest BCUT2D eigenvalue weighted by Crippen LogP contribution is -2.25. The van der Waals surface area contributed by atoms with E-state index in [1.165, 1.54) is 11.1 Å². The van der Waals surface area contributed by atoms with E-state index in [0.29, 0.717) is 12.5 Å². The van der Waals surface area contributed by atoms with Crippen molar-refractivity contribution < 1.29 is 9.84 Å². The van der Waals surface area contributed by atoms with Gasteiger partial charge in [-0.2, -0.15) is 5.10 Å². The number of hydrogen-bond donors (Lipinski definition) is 2. The monoisotopic (exact) mass is 331 g/mol. The molecule has 1 aromatic heterocycles. The van der Waals surface area contributed by atoms with Gasteiger partial charge in [-0.1, -0.05) is 26.0 Å². The number of hydrogen-bond acceptors (Lipinski definition) is 4. The number of benzene rings is 1. The number of methoxy groups -OCH3 is 1. The Kier molecular flexibility index (Phi) is 6.40. The van der Waals surface area contributed by atoms with Crippen LogP contribution in [0.4, 0.5) is 0 Å². The van der Waals surface area contributed by atoms with Crippen LogP contribution in [0.5, 0.6) is 5.75 Å². The van der Waals surface area contributed by atoms with Gasteiger partial charge in [0.1, 0.15) is 5.75 Å². The van der Waals surface area contributed by atoms with Crippen molar-refractivity contribution >= 4 is 0 Å². The molecule has 24 heavy (non-hydrogen) atoms. The largest absolute Gasteiger partial charge is 0.497 e. The molecule has 1 heterocycles. The fourth-order valence-electron chi connectivity index (χ4n) is 3.06. The lowest BCUT2D eigenvalue weighted by molar-refractivity contribution is 0.267. The summed E-state index contributed by atoms with van der Waals surface area (Å²) in [6.07, 6.45) is 0. The van der Waals surface area contributed by atoms with Crippen LogP contribution in [0.3, 0.4) is 0 Å². The van der Waals surface area contributed by atoms with E-state index in [9.17, 15) is 0 Å². The van der Waals surface area contributed by atoms with Crippen LogP contribution < -0.4 is 10.1 Å². The van der Waals surface area contributed by atoms with Crippen molar-refractivity contribution in [1.29, 1.82) is 0 Å². The molecule has 5 nitrogen and oxygen atoms in total. The average Bonchev–Trinajstić information content (AvgIpc) is 2.83. The number of aromatic nitrogens is 2. The zero-order valence-corrected chi connectivity index (χ0v) is 15.3. The van der Waals surface area contributed by atoms with E-state index in [2.05, 4.69) is 43.3 Å². The first kappa shape index (κ1) is 18.5. The quantitative estimate of drug-likeness (QED) is 0.781. The highest BCUT2D eigenvalue weighted by Crippen LogP contribution is 2.25. The summed E-state index contributed by atoms with van der Waals surface area (Å²) in [5.74, 6) is 1.34. The highest BCUT2D eigenvalue weighted by Gasteiger charge is 2.18. The first-order valence-electron chi connectivity index (χ1n) is 8.49. The van der Waals surface area contributed by atoms with Gasteiger partial charge in [0.25, 0.3) is 0 Å². The third-order valence-electron chi connectivity index (χ3n) is 4.48. The Morgan fingerprint density at radius 3 is 2.42 bits per heavy atom. The van der Waals surface area contributed by atoms with Crippen molar-refractivity contribution in [2.24, 2.45) is 5.92 Å². The molecule has 1 unspecified atom stereocenters. The lowest BCUT2D eigenvalue weighted by Gasteiger charge is -2.23. The molecule has 1 atom stereocenters. The smallest absolute Gasteiger partial charge is 0.118 e. The zero-order chi connectivity index (χ0) is 17.7. The minimum atomic E-state index is 0.106. The van der Waals surface area contributed by atoms with Gasteiger partial charge in [-0.3, -0.25) is 4.68 Å². The summed E-state index contributed by atoms with van der Waals surface area (Å²) in [5, 5.41) is 17.3. The van der Waals surface area contributed by atoms with E-state index in [0.717, 1.165) is 23.7 Å². The summed E-state index contributed by atoms with van der Waals surface area (Å²) < 4.78 is 7.12. The van der Waals surface area contributed by atoms with Crippen LogP contribution in [-0.2, 0) is 13.1 Å². The number of aryl methyl sites for hydroxylation is 1. The average molecular weight is 331 g/mol. The van der Waals surface area contributed by atoms with Gasteiger partial charge >= 0.3 is 0 Å². The Morgan fingerprint density at radius 1 is 1.21 bits per heavy atom. The molecule has 0 saturated heterocycles. The van der Waals surface area contributed by atoms with Gasteiger partial charge in [-0.15, -0.1) is 0 Å². The van der Waals surface area contributed by atoms with Crippen LogP contribution in [0.2, 0.25) is 0 Å². The Morgan fingerprint density at radius 2 is 1.88 bits per heavy atom. The molecule has 0 bridgehead atoms. The predicted molar refractivity (Wildman–Crippen MR) is 96.2 cm³/mol. The van der Waals surface area contributed by atoms with Crippen LogP contribution in [0.15, 0.2) is 24.3 Å². The van der Waals surface area contributed by atoms with E-state index >= 15 is 0 Å². The molecule has 2 aromatic rings. The predicted octanol–water partition coefficient (Wildman–Crippen LogP) is 2.99. The Labute approximate surface area is 144 Å². The van der Waals surface area contributed by atoms with Gasteiger partial charge in [-0.05, 0) is 37.5 Å². The van der Waals surface area contributed by atoms with E-state index in [1.807, 2.05) is 23.7 Å². The van der Waals surface area contributed by atoms with E-state index in [1.54, 1.807) is 7.11 Å². The minimum Gasteiger partial charge on any atom is -0.497 e. The molecule has 0 fully saturated rings. The van der Waals surface area contributed by atoms with Crippen molar-refractivity contribution in [2.75, 3.05) is 13.7 Å². The second kappa shape index (κ2) is 8.31. The van der Waals surface area contributed by atoms with E-state index in [-0.39, 0.29) is 12.6 Å². The standard InChI is InChI=1S/C19H29N3O2/c1-13(2)19(16-6-8-17(24-5)9-7-16)20-12-18-14(3)21-22(10-11-23)15(18)4/h6-9,13,19-20,23H,10-12H2,1-5H3. The molecule has 2 N–H and O–H groups in total. The molecule has 0 aliphatic carbocycles. The van der Waals surface area contributed by atoms with E-state index < -0.39 is 0 Å². The van der Waals surface area contributed by atoms with Gasteiger partial charge in [0.2, 0.25) is 0 Å². The number of aliphatic hydroxyl groups is 1. The fourth-order valence-corrected chi connectivity index (χ4v) is 3.06. The molecule has 1 aromatic carbocycles. The van der Waals surface area contributed by atoms with Crippen molar-refractivity contribution in [3.8, 4) is 5.75 Å². The van der Waals surface area contributed by atoms with Crippen molar-refractivity contribution in [2.45, 2.75) is 46.8 Å². The molecule has 0 aliphatic heterocycles. The molecule has 0 spiro atoms. The molecular weight excluding hydrogens is 302 g/mol. The summed E-state index contributed by atoms with van der Waals surface area (Å²) in [6, 6.07) is 8.50. The maximum Gasteiger partial charge on any atom is 0.118 e. The van der Waals surface area contributed by atoms with Crippen molar-refractivity contribution in [1.82, 2.24) is 15.1 Å². The highest BCUT2D eigenvalue weighted by molar-refractivity contribution is 5.30. The first-order valence-corrected chi connectivity index (χ1v) is 8.49. The molecule has 0 saturated carbocycles. The number of rotatable bonds is 8. The van der Waals surface area contributed by atoms with Crippen LogP contribution in [0, 0.1) is 19.8 Å². The molecule has 0 aliphatic rings. The number of nitrogens with one attached hydrogen (secondary N) is 1. The van der Waals surface area contributed by atoms with Crippen LogP contribution >= 0.6 is 0 Å². The summed E-state index contributed by atoms with van der Waals surface area (Å²) in [7, 11) is 1.68. The molecule has 0 amide bonds. The summed E-state index contributed by atoms with van der Waals surface area (Å²) in [5.41, 5.74) is 4.60. The Bertz CT molecular complexity index is 647. The summed E-state index contributed by atoms with van der Waals surface area (Å²) >= 11 is 0. The molecule has 132 valence electrons. The third-order valence-corrected chi connectivity index (χ3v) is 4.48.